The van der Waals surface area contributed by atoms with Crippen molar-refractivity contribution >= 4 is 11.7 Å². The van der Waals surface area contributed by atoms with E-state index in [0.717, 1.165) is 40.9 Å². The summed E-state index contributed by atoms with van der Waals surface area (Å²) < 4.78 is 13.1. The lowest BCUT2D eigenvalue weighted by Crippen LogP contribution is -2.39. The van der Waals surface area contributed by atoms with E-state index in [1.54, 1.807) is 24.4 Å². The maximum atomic E-state index is 13.1. The zero-order valence-corrected chi connectivity index (χ0v) is 17.0. The maximum absolute atomic E-state index is 13.1. The molecule has 5 nitrogen and oxygen atoms in total. The molecule has 1 amide bonds. The quantitative estimate of drug-likeness (QED) is 0.710. The Labute approximate surface area is 175 Å². The Morgan fingerprint density at radius 1 is 1.10 bits per heavy atom. The molecular weight excluding hydrogens is 379 g/mol. The van der Waals surface area contributed by atoms with E-state index in [1.165, 1.54) is 12.1 Å². The van der Waals surface area contributed by atoms with Crippen LogP contribution in [0.4, 0.5) is 10.2 Å². The number of aromatic nitrogens is 2. The SMILES string of the molecule is Cc1cc(-c2ccc(N)nc2)cc(C2CCN(C(=O)Cc3ccc(F)cc3)CC2)n1. The molecule has 30 heavy (non-hydrogen) atoms. The number of hydrogen-bond donors (Lipinski definition) is 1. The molecule has 1 aliphatic heterocycles. The molecule has 4 rings (SSSR count). The van der Waals surface area contributed by atoms with E-state index in [1.807, 2.05) is 17.9 Å². The van der Waals surface area contributed by atoms with Gasteiger partial charge < -0.3 is 10.6 Å². The van der Waals surface area contributed by atoms with Gasteiger partial charge in [0.25, 0.3) is 0 Å². The van der Waals surface area contributed by atoms with Gasteiger partial charge in [0.15, 0.2) is 0 Å². The normalized spacial score (nSPS) is 14.7. The topological polar surface area (TPSA) is 72.1 Å². The third-order valence-corrected chi connectivity index (χ3v) is 5.63. The zero-order chi connectivity index (χ0) is 21.1. The van der Waals surface area contributed by atoms with Crippen LogP contribution in [0.3, 0.4) is 0 Å². The van der Waals surface area contributed by atoms with Crippen LogP contribution >= 0.6 is 0 Å². The number of carbonyl (C=O) groups excluding carboxylic acids is 1. The van der Waals surface area contributed by atoms with E-state index in [0.29, 0.717) is 31.2 Å². The van der Waals surface area contributed by atoms with Gasteiger partial charge in [-0.05, 0) is 67.3 Å². The summed E-state index contributed by atoms with van der Waals surface area (Å²) in [5.74, 6) is 0.625. The Morgan fingerprint density at radius 2 is 1.83 bits per heavy atom. The van der Waals surface area contributed by atoms with Gasteiger partial charge in [0.05, 0.1) is 6.42 Å². The molecule has 1 saturated heterocycles. The van der Waals surface area contributed by atoms with Crippen molar-refractivity contribution in [2.24, 2.45) is 0 Å². The molecule has 2 N–H and O–H groups in total. The Balaban J connectivity index is 1.41. The highest BCUT2D eigenvalue weighted by Gasteiger charge is 2.25. The molecule has 0 spiro atoms. The second kappa shape index (κ2) is 8.61. The molecule has 0 atom stereocenters. The second-order valence-electron chi connectivity index (χ2n) is 7.85. The smallest absolute Gasteiger partial charge is 0.226 e. The number of aryl methyl sites for hydroxylation is 1. The molecule has 1 aliphatic rings. The van der Waals surface area contributed by atoms with E-state index in [9.17, 15) is 9.18 Å². The van der Waals surface area contributed by atoms with Crippen LogP contribution in [0, 0.1) is 12.7 Å². The minimum absolute atomic E-state index is 0.0888. The summed E-state index contributed by atoms with van der Waals surface area (Å²) in [6.07, 6.45) is 3.85. The molecule has 3 aromatic rings. The molecule has 0 bridgehead atoms. The lowest BCUT2D eigenvalue weighted by molar-refractivity contribution is -0.131. The van der Waals surface area contributed by atoms with Gasteiger partial charge in [-0.15, -0.1) is 0 Å². The van der Waals surface area contributed by atoms with Crippen LogP contribution in [0.1, 0.15) is 35.7 Å². The van der Waals surface area contributed by atoms with Gasteiger partial charge >= 0.3 is 0 Å². The van der Waals surface area contributed by atoms with E-state index in [-0.39, 0.29) is 11.7 Å². The number of benzene rings is 1. The van der Waals surface area contributed by atoms with Crippen LogP contribution in [0.2, 0.25) is 0 Å². The summed E-state index contributed by atoms with van der Waals surface area (Å²) in [4.78, 5) is 23.5. The summed E-state index contributed by atoms with van der Waals surface area (Å²) in [7, 11) is 0. The van der Waals surface area contributed by atoms with Crippen LogP contribution < -0.4 is 5.73 Å². The molecule has 154 valence electrons. The van der Waals surface area contributed by atoms with Gasteiger partial charge in [0.1, 0.15) is 11.6 Å². The van der Waals surface area contributed by atoms with Crippen molar-refractivity contribution < 1.29 is 9.18 Å². The highest BCUT2D eigenvalue weighted by molar-refractivity contribution is 5.78. The third-order valence-electron chi connectivity index (χ3n) is 5.63. The van der Waals surface area contributed by atoms with Gasteiger partial charge in [0.2, 0.25) is 5.91 Å². The lowest BCUT2D eigenvalue weighted by Gasteiger charge is -2.32. The first-order valence-corrected chi connectivity index (χ1v) is 10.2. The first-order chi connectivity index (χ1) is 14.5. The summed E-state index contributed by atoms with van der Waals surface area (Å²) >= 11 is 0. The molecule has 1 aromatic carbocycles. The van der Waals surface area contributed by atoms with Crippen molar-refractivity contribution in [2.45, 2.75) is 32.1 Å². The number of amides is 1. The van der Waals surface area contributed by atoms with E-state index >= 15 is 0 Å². The van der Waals surface area contributed by atoms with Gasteiger partial charge in [-0.3, -0.25) is 9.78 Å². The number of piperidine rings is 1. The molecule has 0 unspecified atom stereocenters. The van der Waals surface area contributed by atoms with Crippen molar-refractivity contribution in [3.63, 3.8) is 0 Å². The number of carbonyl (C=O) groups is 1. The molecule has 1 fully saturated rings. The predicted molar refractivity (Wildman–Crippen MR) is 115 cm³/mol. The summed E-state index contributed by atoms with van der Waals surface area (Å²) in [6.45, 7) is 3.41. The average Bonchev–Trinajstić information content (AvgIpc) is 2.75. The summed E-state index contributed by atoms with van der Waals surface area (Å²) in [5.41, 5.74) is 10.7. The highest BCUT2D eigenvalue weighted by atomic mass is 19.1. The number of nitrogens with two attached hydrogens (primary N) is 1. The molecule has 0 radical (unpaired) electrons. The molecule has 2 aromatic heterocycles. The van der Waals surface area contributed by atoms with Crippen molar-refractivity contribution in [2.75, 3.05) is 18.8 Å². The van der Waals surface area contributed by atoms with E-state index in [2.05, 4.69) is 17.1 Å². The van der Waals surface area contributed by atoms with Gasteiger partial charge in [-0.25, -0.2) is 9.37 Å². The number of rotatable bonds is 4. The Hall–Kier alpha value is -3.28. The van der Waals surface area contributed by atoms with Crippen molar-refractivity contribution in [1.82, 2.24) is 14.9 Å². The molecule has 6 heteroatoms. The standard InChI is InChI=1S/C24H25FN4O/c1-16-12-20(19-4-7-23(26)27-15-19)14-22(28-16)18-8-10-29(11-9-18)24(30)13-17-2-5-21(25)6-3-17/h2-7,12,14-15,18H,8-11,13H2,1H3,(H2,26,27). The minimum atomic E-state index is -0.285. The van der Waals surface area contributed by atoms with Crippen LogP contribution in [0.15, 0.2) is 54.7 Å². The van der Waals surface area contributed by atoms with Gasteiger partial charge in [-0.2, -0.15) is 0 Å². The van der Waals surface area contributed by atoms with E-state index < -0.39 is 0 Å². The fourth-order valence-electron chi connectivity index (χ4n) is 3.96. The summed E-state index contributed by atoms with van der Waals surface area (Å²) in [6, 6.07) is 14.1. The second-order valence-corrected chi connectivity index (χ2v) is 7.85. The number of halogens is 1. The van der Waals surface area contributed by atoms with Crippen LogP contribution in [-0.4, -0.2) is 33.9 Å². The molecule has 0 saturated carbocycles. The largest absolute Gasteiger partial charge is 0.384 e. The van der Waals surface area contributed by atoms with Gasteiger partial charge in [-0.1, -0.05) is 12.1 Å². The average molecular weight is 404 g/mol. The Kier molecular flexibility index (Phi) is 5.74. The third kappa shape index (κ3) is 4.64. The number of nitrogens with zero attached hydrogens (tertiary/aromatic N) is 3. The van der Waals surface area contributed by atoms with Crippen molar-refractivity contribution in [3.8, 4) is 11.1 Å². The first-order valence-electron chi connectivity index (χ1n) is 10.2. The highest BCUT2D eigenvalue weighted by Crippen LogP contribution is 2.30. The van der Waals surface area contributed by atoms with Crippen LogP contribution in [0.5, 0.6) is 0 Å². The van der Waals surface area contributed by atoms with Crippen molar-refractivity contribution in [1.29, 1.82) is 0 Å². The van der Waals surface area contributed by atoms with Gasteiger partial charge in [0, 0.05) is 42.2 Å². The number of likely N-dealkylation sites (tertiary alicyclic amines) is 1. The maximum Gasteiger partial charge on any atom is 0.226 e. The fraction of sp³-hybridized carbons (Fsp3) is 0.292. The first kappa shape index (κ1) is 20.0. The number of pyridine rings is 2. The van der Waals surface area contributed by atoms with Crippen LogP contribution in [-0.2, 0) is 11.2 Å². The predicted octanol–water partition coefficient (Wildman–Crippen LogP) is 4.12. The fourth-order valence-corrected chi connectivity index (χ4v) is 3.96. The minimum Gasteiger partial charge on any atom is -0.384 e. The van der Waals surface area contributed by atoms with Crippen LogP contribution in [0.25, 0.3) is 11.1 Å². The molecule has 3 heterocycles. The Bertz CT molecular complexity index is 1030. The number of hydrogen-bond acceptors (Lipinski definition) is 4. The molecular formula is C24H25FN4O. The van der Waals surface area contributed by atoms with Crippen molar-refractivity contribution in [3.05, 3.63) is 77.5 Å². The summed E-state index contributed by atoms with van der Waals surface area (Å²) in [5, 5.41) is 0. The van der Waals surface area contributed by atoms with E-state index in [4.69, 9.17) is 10.7 Å². The number of anilines is 1. The number of nitrogen functional groups attached to an aromatic ring is 1. The molecule has 0 aliphatic carbocycles. The zero-order valence-electron chi connectivity index (χ0n) is 17.0. The lowest BCUT2D eigenvalue weighted by atomic mass is 9.91. The Morgan fingerprint density at radius 3 is 2.50 bits per heavy atom. The monoisotopic (exact) mass is 404 g/mol.